The molecule has 0 aliphatic heterocycles. The van der Waals surface area contributed by atoms with Gasteiger partial charge in [0.05, 0.1) is 6.10 Å². The van der Waals surface area contributed by atoms with Crippen LogP contribution in [0, 0.1) is 5.92 Å². The van der Waals surface area contributed by atoms with Gasteiger partial charge in [0.25, 0.3) is 5.56 Å². The van der Waals surface area contributed by atoms with Crippen LogP contribution in [0.5, 0.6) is 0 Å². The van der Waals surface area contributed by atoms with E-state index in [2.05, 4.69) is 10.3 Å². The fraction of sp³-hybridized carbons (Fsp3) is 0.714. The van der Waals surface area contributed by atoms with Gasteiger partial charge in [-0.2, -0.15) is 0 Å². The molecule has 0 spiro atoms. The van der Waals surface area contributed by atoms with E-state index in [1.807, 2.05) is 20.8 Å². The molecule has 0 amide bonds. The maximum Gasteiger partial charge on any atom is 0.330 e. The maximum atomic E-state index is 11.9. The second kappa shape index (κ2) is 6.34. The highest BCUT2D eigenvalue weighted by Crippen LogP contribution is 2.27. The van der Waals surface area contributed by atoms with Gasteiger partial charge in [0, 0.05) is 19.2 Å². The van der Waals surface area contributed by atoms with E-state index in [1.165, 1.54) is 4.57 Å². The van der Waals surface area contributed by atoms with Crippen molar-refractivity contribution in [3.8, 4) is 0 Å². The van der Waals surface area contributed by atoms with Crippen LogP contribution in [0.25, 0.3) is 0 Å². The van der Waals surface area contributed by atoms with Gasteiger partial charge in [-0.15, -0.1) is 0 Å². The van der Waals surface area contributed by atoms with E-state index in [-0.39, 0.29) is 29.6 Å². The number of nitrogen functional groups attached to an aromatic ring is 1. The van der Waals surface area contributed by atoms with E-state index in [0.717, 1.165) is 12.8 Å². The topological polar surface area (TPSA) is 102 Å². The molecule has 118 valence electrons. The molecular weight excluding hydrogens is 272 g/mol. The van der Waals surface area contributed by atoms with Crippen LogP contribution in [0.15, 0.2) is 9.59 Å². The Bertz CT molecular complexity index is 599. The van der Waals surface area contributed by atoms with Crippen LogP contribution in [-0.4, -0.2) is 28.3 Å². The van der Waals surface area contributed by atoms with Crippen LogP contribution in [0.2, 0.25) is 0 Å². The molecule has 2 rings (SSSR count). The first-order valence-corrected chi connectivity index (χ1v) is 7.43. The Balaban J connectivity index is 2.16. The Hall–Kier alpha value is -1.76. The number of aromatic nitrogens is 2. The van der Waals surface area contributed by atoms with E-state index >= 15 is 0 Å². The lowest BCUT2D eigenvalue weighted by Gasteiger charge is -2.36. The van der Waals surface area contributed by atoms with Crippen molar-refractivity contribution in [2.24, 2.45) is 5.92 Å². The zero-order valence-electron chi connectivity index (χ0n) is 12.8. The van der Waals surface area contributed by atoms with Crippen molar-refractivity contribution in [3.63, 3.8) is 0 Å². The fourth-order valence-corrected chi connectivity index (χ4v) is 2.53. The molecule has 0 unspecified atom stereocenters. The van der Waals surface area contributed by atoms with Crippen molar-refractivity contribution in [1.29, 1.82) is 0 Å². The standard InChI is InChI=1S/C14H24N4O3/c1-4-21-10-5-9(6-10)16-11-12(15)18(7-8(2)3)14(20)17-13(11)19/h8-10,16H,4-7,15H2,1-3H3,(H,17,19,20). The van der Waals surface area contributed by atoms with Gasteiger partial charge in [0.15, 0.2) is 0 Å². The summed E-state index contributed by atoms with van der Waals surface area (Å²) in [5.41, 5.74) is 5.37. The van der Waals surface area contributed by atoms with Gasteiger partial charge in [-0.3, -0.25) is 14.3 Å². The summed E-state index contributed by atoms with van der Waals surface area (Å²) in [6.45, 7) is 7.11. The summed E-state index contributed by atoms with van der Waals surface area (Å²) in [6.07, 6.45) is 1.93. The Labute approximate surface area is 123 Å². The molecule has 7 nitrogen and oxygen atoms in total. The molecule has 1 saturated carbocycles. The van der Waals surface area contributed by atoms with Crippen LogP contribution in [0.3, 0.4) is 0 Å². The lowest BCUT2D eigenvalue weighted by molar-refractivity contribution is 0.00297. The molecule has 0 radical (unpaired) electrons. The number of nitrogens with two attached hydrogens (primary N) is 1. The summed E-state index contributed by atoms with van der Waals surface area (Å²) >= 11 is 0. The Kier molecular flexibility index (Phi) is 4.72. The number of hydrogen-bond donors (Lipinski definition) is 3. The Morgan fingerprint density at radius 1 is 1.43 bits per heavy atom. The first-order chi connectivity index (χ1) is 9.92. The first-order valence-electron chi connectivity index (χ1n) is 7.43. The van der Waals surface area contributed by atoms with Crippen LogP contribution in [-0.2, 0) is 11.3 Å². The molecule has 1 aromatic rings. The summed E-state index contributed by atoms with van der Waals surface area (Å²) in [6, 6.07) is 0.162. The van der Waals surface area contributed by atoms with Crippen molar-refractivity contribution in [2.75, 3.05) is 17.7 Å². The van der Waals surface area contributed by atoms with Crippen LogP contribution >= 0.6 is 0 Å². The van der Waals surface area contributed by atoms with E-state index in [1.54, 1.807) is 0 Å². The SMILES string of the molecule is CCOC1CC(Nc2c(N)n(CC(C)C)c(=O)[nH]c2=O)C1. The van der Waals surface area contributed by atoms with Gasteiger partial charge < -0.3 is 15.8 Å². The van der Waals surface area contributed by atoms with Crippen molar-refractivity contribution in [3.05, 3.63) is 20.8 Å². The van der Waals surface area contributed by atoms with Gasteiger partial charge >= 0.3 is 5.69 Å². The van der Waals surface area contributed by atoms with Crippen LogP contribution in [0.1, 0.15) is 33.6 Å². The smallest absolute Gasteiger partial charge is 0.330 e. The minimum atomic E-state index is -0.461. The molecule has 0 aromatic carbocycles. The molecule has 1 fully saturated rings. The average Bonchev–Trinajstić information content (AvgIpc) is 2.35. The molecule has 1 aromatic heterocycles. The minimum absolute atomic E-state index is 0.162. The third-order valence-electron chi connectivity index (χ3n) is 3.63. The molecule has 0 saturated heterocycles. The number of nitrogens with zero attached hydrogens (tertiary/aromatic N) is 1. The largest absolute Gasteiger partial charge is 0.383 e. The molecule has 1 aliphatic carbocycles. The van der Waals surface area contributed by atoms with E-state index in [0.29, 0.717) is 13.2 Å². The highest BCUT2D eigenvalue weighted by atomic mass is 16.5. The summed E-state index contributed by atoms with van der Waals surface area (Å²) < 4.78 is 6.90. The highest BCUT2D eigenvalue weighted by molar-refractivity contribution is 5.61. The normalized spacial score (nSPS) is 21.3. The third kappa shape index (κ3) is 3.47. The molecule has 7 heteroatoms. The fourth-order valence-electron chi connectivity index (χ4n) is 2.53. The number of nitrogens with one attached hydrogen (secondary N) is 2. The van der Waals surface area contributed by atoms with Gasteiger partial charge in [0.1, 0.15) is 11.5 Å². The zero-order chi connectivity index (χ0) is 15.6. The monoisotopic (exact) mass is 296 g/mol. The van der Waals surface area contributed by atoms with Crippen molar-refractivity contribution in [2.45, 2.75) is 52.3 Å². The van der Waals surface area contributed by atoms with E-state index in [4.69, 9.17) is 10.5 Å². The maximum absolute atomic E-state index is 11.9. The number of aromatic amines is 1. The van der Waals surface area contributed by atoms with Crippen LogP contribution < -0.4 is 22.3 Å². The summed E-state index contributed by atoms with van der Waals surface area (Å²) in [5, 5.41) is 3.14. The molecule has 4 N–H and O–H groups in total. The van der Waals surface area contributed by atoms with Gasteiger partial charge in [0.2, 0.25) is 0 Å². The molecule has 21 heavy (non-hydrogen) atoms. The minimum Gasteiger partial charge on any atom is -0.383 e. The second-order valence-corrected chi connectivity index (χ2v) is 5.91. The van der Waals surface area contributed by atoms with E-state index in [9.17, 15) is 9.59 Å². The molecule has 0 bridgehead atoms. The summed E-state index contributed by atoms with van der Waals surface area (Å²) in [7, 11) is 0. The Morgan fingerprint density at radius 3 is 2.67 bits per heavy atom. The van der Waals surface area contributed by atoms with Crippen molar-refractivity contribution >= 4 is 11.5 Å². The van der Waals surface area contributed by atoms with Crippen molar-refractivity contribution < 1.29 is 4.74 Å². The van der Waals surface area contributed by atoms with Gasteiger partial charge in [-0.05, 0) is 25.7 Å². The quantitative estimate of drug-likeness (QED) is 0.719. The predicted molar refractivity (Wildman–Crippen MR) is 82.6 cm³/mol. The van der Waals surface area contributed by atoms with Gasteiger partial charge in [-0.25, -0.2) is 4.79 Å². The van der Waals surface area contributed by atoms with Crippen molar-refractivity contribution in [1.82, 2.24) is 9.55 Å². The number of rotatable bonds is 6. The highest BCUT2D eigenvalue weighted by Gasteiger charge is 2.30. The Morgan fingerprint density at radius 2 is 2.10 bits per heavy atom. The number of H-pyrrole nitrogens is 1. The lowest BCUT2D eigenvalue weighted by Crippen LogP contribution is -2.43. The summed E-state index contributed by atoms with van der Waals surface area (Å²) in [5.74, 6) is 0.465. The third-order valence-corrected chi connectivity index (χ3v) is 3.63. The number of hydrogen-bond acceptors (Lipinski definition) is 5. The lowest BCUT2D eigenvalue weighted by atomic mass is 9.89. The van der Waals surface area contributed by atoms with Gasteiger partial charge in [-0.1, -0.05) is 13.8 Å². The number of anilines is 2. The molecule has 1 aliphatic rings. The average molecular weight is 296 g/mol. The van der Waals surface area contributed by atoms with E-state index < -0.39 is 11.2 Å². The molecule has 0 atom stereocenters. The predicted octanol–water partition coefficient (Wildman–Crippen LogP) is 0.754. The molecule has 1 heterocycles. The first kappa shape index (κ1) is 15.6. The summed E-state index contributed by atoms with van der Waals surface area (Å²) in [4.78, 5) is 26.1. The zero-order valence-corrected chi connectivity index (χ0v) is 12.8. The second-order valence-electron chi connectivity index (χ2n) is 5.91. The molecular formula is C14H24N4O3. The number of ether oxygens (including phenoxy) is 1. The van der Waals surface area contributed by atoms with Crippen LogP contribution in [0.4, 0.5) is 11.5 Å².